The van der Waals surface area contributed by atoms with Crippen LogP contribution >= 0.6 is 0 Å². The topological polar surface area (TPSA) is 61.8 Å². The van der Waals surface area contributed by atoms with E-state index in [2.05, 4.69) is 88.4 Å². The molecular weight excluding hydrogens is 637 g/mol. The zero-order chi connectivity index (χ0) is 35.4. The average Bonchev–Trinajstić information content (AvgIpc) is 3.45. The summed E-state index contributed by atoms with van der Waals surface area (Å²) >= 11 is 0. The molecule has 4 aromatic rings. The lowest BCUT2D eigenvalue weighted by Crippen LogP contribution is -2.67. The number of hydrogen-bond acceptors (Lipinski definition) is 5. The zero-order valence-corrected chi connectivity index (χ0v) is 31.0. The molecule has 5 rings (SSSR count). The van der Waals surface area contributed by atoms with Gasteiger partial charge in [0.2, 0.25) is 0 Å². The van der Waals surface area contributed by atoms with Crippen molar-refractivity contribution in [1.29, 1.82) is 0 Å². The molecule has 0 aromatic heterocycles. The molecule has 1 aliphatic rings. The van der Waals surface area contributed by atoms with Gasteiger partial charge in [-0.25, -0.2) is 9.59 Å². The van der Waals surface area contributed by atoms with E-state index in [9.17, 15) is 9.59 Å². The van der Waals surface area contributed by atoms with Crippen LogP contribution in [-0.2, 0) is 13.9 Å². The molecule has 0 bridgehead atoms. The minimum absolute atomic E-state index is 0.114. The molecule has 0 radical (unpaired) electrons. The van der Waals surface area contributed by atoms with E-state index in [1.165, 1.54) is 23.2 Å². The van der Waals surface area contributed by atoms with Gasteiger partial charge in [-0.3, -0.25) is 0 Å². The third kappa shape index (κ3) is 8.90. The number of benzene rings is 4. The van der Waals surface area contributed by atoms with Gasteiger partial charge in [-0.2, -0.15) is 0 Å². The smallest absolute Gasteiger partial charge is 0.338 e. The fourth-order valence-corrected chi connectivity index (χ4v) is 12.0. The molecule has 4 atom stereocenters. The van der Waals surface area contributed by atoms with Crippen molar-refractivity contribution >= 4 is 30.6 Å². The Bertz CT molecular complexity index is 1610. The number of esters is 2. The van der Waals surface area contributed by atoms with E-state index in [0.29, 0.717) is 30.6 Å². The molecule has 50 heavy (non-hydrogen) atoms. The molecule has 5 nitrogen and oxygen atoms in total. The summed E-state index contributed by atoms with van der Waals surface area (Å²) in [5.74, 6) is -1.07. The van der Waals surface area contributed by atoms with Crippen molar-refractivity contribution in [3.63, 3.8) is 0 Å². The van der Waals surface area contributed by atoms with Gasteiger partial charge in [0, 0.05) is 24.9 Å². The SMILES string of the molecule is CCCCC/C=C\C[C@@H]1[C@H](CO[Si](c2ccccc2)(c2ccccc2)C(C)(C)C)[C@@H](OC(=O)c2ccccc2)C[C@H]1OC(=O)c1ccccc1. The van der Waals surface area contributed by atoms with Crippen molar-refractivity contribution in [1.82, 2.24) is 0 Å². The van der Waals surface area contributed by atoms with E-state index < -0.39 is 20.5 Å². The highest BCUT2D eigenvalue weighted by atomic mass is 28.4. The van der Waals surface area contributed by atoms with Gasteiger partial charge in [0.05, 0.1) is 11.1 Å². The van der Waals surface area contributed by atoms with Crippen LogP contribution in [0.3, 0.4) is 0 Å². The molecule has 1 aliphatic carbocycles. The van der Waals surface area contributed by atoms with Gasteiger partial charge < -0.3 is 13.9 Å². The van der Waals surface area contributed by atoms with Gasteiger partial charge in [0.15, 0.2) is 0 Å². The maximum absolute atomic E-state index is 13.6. The fraction of sp³-hybridized carbons (Fsp3) is 0.364. The van der Waals surface area contributed by atoms with E-state index in [0.717, 1.165) is 12.8 Å². The highest BCUT2D eigenvalue weighted by Gasteiger charge is 2.53. The summed E-state index contributed by atoms with van der Waals surface area (Å²) in [6.45, 7) is 9.36. The molecule has 0 unspecified atom stereocenters. The van der Waals surface area contributed by atoms with Gasteiger partial charge in [0.25, 0.3) is 8.32 Å². The normalized spacial score (nSPS) is 19.4. The molecule has 1 saturated carbocycles. The van der Waals surface area contributed by atoms with Crippen LogP contribution in [0.15, 0.2) is 133 Å². The van der Waals surface area contributed by atoms with Gasteiger partial charge >= 0.3 is 11.9 Å². The fourth-order valence-electron chi connectivity index (χ4n) is 7.38. The second-order valence-electron chi connectivity index (χ2n) is 14.4. The second-order valence-corrected chi connectivity index (χ2v) is 18.7. The first-order valence-electron chi connectivity index (χ1n) is 18.2. The van der Waals surface area contributed by atoms with E-state index in [1.807, 2.05) is 48.5 Å². The van der Waals surface area contributed by atoms with Crippen LogP contribution in [0.2, 0.25) is 5.04 Å². The summed E-state index contributed by atoms with van der Waals surface area (Å²) in [4.78, 5) is 27.1. The maximum Gasteiger partial charge on any atom is 0.338 e. The molecule has 1 fully saturated rings. The third-order valence-electron chi connectivity index (χ3n) is 9.96. The van der Waals surface area contributed by atoms with Crippen LogP contribution in [-0.4, -0.2) is 39.1 Å². The van der Waals surface area contributed by atoms with E-state index >= 15 is 0 Å². The number of allylic oxidation sites excluding steroid dienone is 2. The Morgan fingerprint density at radius 2 is 1.12 bits per heavy atom. The van der Waals surface area contributed by atoms with Crippen molar-refractivity contribution in [2.24, 2.45) is 11.8 Å². The number of carbonyl (C=O) groups excluding carboxylic acids is 2. The minimum atomic E-state index is -2.91. The minimum Gasteiger partial charge on any atom is -0.458 e. The zero-order valence-electron chi connectivity index (χ0n) is 30.0. The highest BCUT2D eigenvalue weighted by molar-refractivity contribution is 6.99. The van der Waals surface area contributed by atoms with Crippen LogP contribution in [0, 0.1) is 11.8 Å². The molecule has 0 amide bonds. The molecule has 0 aliphatic heterocycles. The number of unbranched alkanes of at least 4 members (excludes halogenated alkanes) is 3. The summed E-state index contributed by atoms with van der Waals surface area (Å²) in [6, 6.07) is 39.4. The number of carbonyl (C=O) groups is 2. The summed E-state index contributed by atoms with van der Waals surface area (Å²) in [7, 11) is -2.91. The van der Waals surface area contributed by atoms with E-state index in [4.69, 9.17) is 13.9 Å². The Hall–Kier alpha value is -4.26. The quantitative estimate of drug-likeness (QED) is 0.0540. The van der Waals surface area contributed by atoms with Gasteiger partial charge in [-0.05, 0) is 58.9 Å². The summed E-state index contributed by atoms with van der Waals surface area (Å²) in [6.07, 6.45) is 9.11. The third-order valence-corrected chi connectivity index (χ3v) is 15.0. The summed E-state index contributed by atoms with van der Waals surface area (Å²) in [5.41, 5.74) is 1.00. The summed E-state index contributed by atoms with van der Waals surface area (Å²) in [5, 5.41) is 2.15. The van der Waals surface area contributed by atoms with Crippen LogP contribution in [0.1, 0.15) is 86.9 Å². The van der Waals surface area contributed by atoms with Crippen molar-refractivity contribution in [2.75, 3.05) is 6.61 Å². The van der Waals surface area contributed by atoms with Crippen molar-refractivity contribution < 1.29 is 23.5 Å². The molecule has 0 saturated heterocycles. The van der Waals surface area contributed by atoms with Crippen molar-refractivity contribution in [3.8, 4) is 0 Å². The lowest BCUT2D eigenvalue weighted by molar-refractivity contribution is 0.00915. The lowest BCUT2D eigenvalue weighted by atomic mass is 9.90. The number of hydrogen-bond donors (Lipinski definition) is 0. The number of rotatable bonds is 15. The van der Waals surface area contributed by atoms with Crippen LogP contribution in [0.25, 0.3) is 0 Å². The molecule has 0 N–H and O–H groups in total. The van der Waals surface area contributed by atoms with Crippen molar-refractivity contribution in [2.45, 2.75) is 83.5 Å². The largest absolute Gasteiger partial charge is 0.458 e. The van der Waals surface area contributed by atoms with E-state index in [1.54, 1.807) is 24.3 Å². The standard InChI is InChI=1S/C44H52O5Si/c1-5-6-7-8-9-22-31-38-39(33-47-50(44(2,3)4,36-27-18-12-19-28-36)37-29-20-13-21-30-37)41(49-43(46)35-25-16-11-17-26-35)32-40(38)48-42(45)34-23-14-10-15-24-34/h9-30,38-41H,5-8,31-33H2,1-4H3/b22-9-/t38-,39+,40-,41+/m1/s1. The Kier molecular flexibility index (Phi) is 13.0. The van der Waals surface area contributed by atoms with Gasteiger partial charge in [0.1, 0.15) is 12.2 Å². The Morgan fingerprint density at radius 1 is 0.660 bits per heavy atom. The molecule has 4 aromatic carbocycles. The average molecular weight is 689 g/mol. The second kappa shape index (κ2) is 17.6. The van der Waals surface area contributed by atoms with Crippen molar-refractivity contribution in [3.05, 3.63) is 145 Å². The molecular formula is C44H52O5Si. The highest BCUT2D eigenvalue weighted by Crippen LogP contribution is 2.43. The van der Waals surface area contributed by atoms with Crippen LogP contribution < -0.4 is 10.4 Å². The molecule has 0 spiro atoms. The van der Waals surface area contributed by atoms with Crippen LogP contribution in [0.4, 0.5) is 0 Å². The van der Waals surface area contributed by atoms with E-state index in [-0.39, 0.29) is 28.8 Å². The Labute approximate surface area is 299 Å². The number of ether oxygens (including phenoxy) is 2. The predicted molar refractivity (Wildman–Crippen MR) is 204 cm³/mol. The first-order valence-corrected chi connectivity index (χ1v) is 20.1. The van der Waals surface area contributed by atoms with Crippen LogP contribution in [0.5, 0.6) is 0 Å². The van der Waals surface area contributed by atoms with Gasteiger partial charge in [-0.15, -0.1) is 0 Å². The van der Waals surface area contributed by atoms with Gasteiger partial charge in [-0.1, -0.05) is 150 Å². The predicted octanol–water partition coefficient (Wildman–Crippen LogP) is 9.18. The first-order chi connectivity index (χ1) is 24.2. The maximum atomic E-state index is 13.6. The molecule has 262 valence electrons. The Balaban J connectivity index is 1.53. The first kappa shape index (κ1) is 37.0. The molecule has 0 heterocycles. The Morgan fingerprint density at radius 3 is 1.58 bits per heavy atom. The lowest BCUT2D eigenvalue weighted by Gasteiger charge is -2.44. The summed E-state index contributed by atoms with van der Waals surface area (Å²) < 4.78 is 20.2. The molecule has 6 heteroatoms. The monoisotopic (exact) mass is 688 g/mol.